The Morgan fingerprint density at radius 2 is 2.40 bits per heavy atom. The first kappa shape index (κ1) is 10.5. The van der Waals surface area contributed by atoms with Crippen molar-refractivity contribution in [3.63, 3.8) is 0 Å². The van der Waals surface area contributed by atoms with Gasteiger partial charge in [-0.3, -0.25) is 0 Å². The van der Waals surface area contributed by atoms with Crippen LogP contribution in [0.2, 0.25) is 5.02 Å². The van der Waals surface area contributed by atoms with Crippen LogP contribution in [-0.4, -0.2) is 40.4 Å². The molecule has 1 saturated heterocycles. The summed E-state index contributed by atoms with van der Waals surface area (Å²) in [7, 11) is 0. The van der Waals surface area contributed by atoms with Crippen molar-refractivity contribution in [1.82, 2.24) is 9.97 Å². The molecule has 0 aromatic carbocycles. The number of aliphatic hydroxyl groups excluding tert-OH is 1. The number of hydrogen-bond acceptors (Lipinski definition) is 5. The maximum atomic E-state index is 12.7. The highest BCUT2D eigenvalue weighted by atomic mass is 35.5. The van der Waals surface area contributed by atoms with Crippen LogP contribution in [-0.2, 0) is 4.74 Å². The van der Waals surface area contributed by atoms with E-state index in [2.05, 4.69) is 15.3 Å². The highest BCUT2D eigenvalue weighted by Gasteiger charge is 2.27. The van der Waals surface area contributed by atoms with E-state index in [0.717, 1.165) is 6.20 Å². The lowest BCUT2D eigenvalue weighted by Gasteiger charge is -2.15. The number of hydrogen-bond donors (Lipinski definition) is 2. The van der Waals surface area contributed by atoms with E-state index in [1.54, 1.807) is 0 Å². The highest BCUT2D eigenvalue weighted by Crippen LogP contribution is 2.20. The zero-order valence-corrected chi connectivity index (χ0v) is 8.41. The predicted octanol–water partition coefficient (Wildman–Crippen LogP) is 0.441. The second-order valence-corrected chi connectivity index (χ2v) is 3.60. The number of nitrogens with one attached hydrogen (secondary N) is 1. The number of aromatic nitrogens is 2. The summed E-state index contributed by atoms with van der Waals surface area (Å²) in [6, 6.07) is -0.322. The fourth-order valence-corrected chi connectivity index (χ4v) is 1.45. The number of ether oxygens (including phenoxy) is 1. The summed E-state index contributed by atoms with van der Waals surface area (Å²) in [4.78, 5) is 6.77. The van der Waals surface area contributed by atoms with Gasteiger partial charge in [-0.1, -0.05) is 11.6 Å². The fourth-order valence-electron chi connectivity index (χ4n) is 1.30. The summed E-state index contributed by atoms with van der Waals surface area (Å²) in [6.07, 6.45) is -0.344. The predicted molar refractivity (Wildman–Crippen MR) is 51.2 cm³/mol. The van der Waals surface area contributed by atoms with Gasteiger partial charge in [0.25, 0.3) is 0 Å². The Labute approximate surface area is 90.3 Å². The van der Waals surface area contributed by atoms with E-state index < -0.39 is 12.2 Å². The van der Waals surface area contributed by atoms with Gasteiger partial charge in [0.1, 0.15) is 5.02 Å². The van der Waals surface area contributed by atoms with Gasteiger partial charge in [-0.2, -0.15) is 9.37 Å². The average molecular weight is 234 g/mol. The molecule has 15 heavy (non-hydrogen) atoms. The minimum Gasteiger partial charge on any atom is -0.388 e. The second kappa shape index (κ2) is 4.26. The Morgan fingerprint density at radius 1 is 1.60 bits per heavy atom. The van der Waals surface area contributed by atoms with E-state index in [9.17, 15) is 9.50 Å². The van der Waals surface area contributed by atoms with Crippen LogP contribution in [0.5, 0.6) is 0 Å². The number of anilines is 1. The molecule has 1 aromatic heterocycles. The molecule has 0 bridgehead atoms. The van der Waals surface area contributed by atoms with Crippen LogP contribution in [0.15, 0.2) is 6.20 Å². The van der Waals surface area contributed by atoms with Crippen LogP contribution in [0.1, 0.15) is 0 Å². The van der Waals surface area contributed by atoms with E-state index in [1.807, 2.05) is 0 Å². The first-order valence-electron chi connectivity index (χ1n) is 4.37. The molecule has 2 N–H and O–H groups in total. The van der Waals surface area contributed by atoms with Crippen molar-refractivity contribution in [2.45, 2.75) is 12.1 Å². The monoisotopic (exact) mass is 233 g/mol. The molecule has 1 aliphatic rings. The second-order valence-electron chi connectivity index (χ2n) is 3.19. The topological polar surface area (TPSA) is 67.3 Å². The Kier molecular flexibility index (Phi) is 2.99. The van der Waals surface area contributed by atoms with Crippen LogP contribution in [0.25, 0.3) is 0 Å². The highest BCUT2D eigenvalue weighted by molar-refractivity contribution is 6.32. The minimum absolute atomic E-state index is 0.165. The number of nitrogens with zero attached hydrogens (tertiary/aromatic N) is 2. The lowest BCUT2D eigenvalue weighted by Crippen LogP contribution is -2.32. The van der Waals surface area contributed by atoms with E-state index in [0.29, 0.717) is 6.61 Å². The largest absolute Gasteiger partial charge is 0.388 e. The van der Waals surface area contributed by atoms with Crippen LogP contribution in [0.4, 0.5) is 10.2 Å². The van der Waals surface area contributed by atoms with Gasteiger partial charge in [-0.15, -0.1) is 0 Å². The molecule has 0 aliphatic carbocycles. The first-order chi connectivity index (χ1) is 7.16. The number of aliphatic hydroxyl groups is 1. The van der Waals surface area contributed by atoms with Gasteiger partial charge in [0.2, 0.25) is 0 Å². The van der Waals surface area contributed by atoms with Crippen LogP contribution in [0.3, 0.4) is 0 Å². The zero-order chi connectivity index (χ0) is 10.8. The number of halogens is 2. The lowest BCUT2D eigenvalue weighted by molar-refractivity contribution is 0.125. The van der Waals surface area contributed by atoms with Crippen LogP contribution in [0, 0.1) is 6.08 Å². The standard InChI is InChI=1S/C8H9ClFN3O2/c9-4-1-11-8(10)13-7(4)12-5-2-15-3-6(5)14/h1,5-6,14H,2-3H2,(H,11,12,13)/t5-,6-/m1/s1. The van der Waals surface area contributed by atoms with Gasteiger partial charge >= 0.3 is 6.08 Å². The van der Waals surface area contributed by atoms with Gasteiger partial charge in [0.05, 0.1) is 31.6 Å². The third-order valence-electron chi connectivity index (χ3n) is 2.09. The zero-order valence-electron chi connectivity index (χ0n) is 7.65. The summed E-state index contributed by atoms with van der Waals surface area (Å²) in [6.45, 7) is 0.589. The van der Waals surface area contributed by atoms with Crippen molar-refractivity contribution >= 4 is 17.4 Å². The smallest absolute Gasteiger partial charge is 0.310 e. The molecular formula is C8H9ClFN3O2. The van der Waals surface area contributed by atoms with Crippen molar-refractivity contribution in [1.29, 1.82) is 0 Å². The molecule has 82 valence electrons. The summed E-state index contributed by atoms with van der Waals surface area (Å²) in [5.41, 5.74) is 0. The molecule has 1 aliphatic heterocycles. The fraction of sp³-hybridized carbons (Fsp3) is 0.500. The maximum Gasteiger partial charge on any atom is 0.310 e. The van der Waals surface area contributed by atoms with Crippen LogP contribution < -0.4 is 5.32 Å². The van der Waals surface area contributed by atoms with Crippen molar-refractivity contribution in [2.24, 2.45) is 0 Å². The van der Waals surface area contributed by atoms with Crippen molar-refractivity contribution in [3.05, 3.63) is 17.3 Å². The molecule has 1 fully saturated rings. The molecule has 7 heteroatoms. The average Bonchev–Trinajstić information content (AvgIpc) is 2.58. The Morgan fingerprint density at radius 3 is 3.07 bits per heavy atom. The van der Waals surface area contributed by atoms with E-state index in [4.69, 9.17) is 16.3 Å². The molecule has 0 spiro atoms. The first-order valence-corrected chi connectivity index (χ1v) is 4.75. The van der Waals surface area contributed by atoms with Crippen molar-refractivity contribution < 1.29 is 14.2 Å². The van der Waals surface area contributed by atoms with Gasteiger partial charge in [0, 0.05) is 0 Å². The summed E-state index contributed by atoms with van der Waals surface area (Å²) >= 11 is 5.75. The molecule has 1 aromatic rings. The van der Waals surface area contributed by atoms with Gasteiger partial charge in [0.15, 0.2) is 5.82 Å². The molecule has 2 atom stereocenters. The molecule has 2 rings (SSSR count). The van der Waals surface area contributed by atoms with E-state index in [-0.39, 0.29) is 23.5 Å². The lowest BCUT2D eigenvalue weighted by atomic mass is 10.2. The third-order valence-corrected chi connectivity index (χ3v) is 2.36. The molecular weight excluding hydrogens is 225 g/mol. The molecule has 0 amide bonds. The van der Waals surface area contributed by atoms with E-state index >= 15 is 0 Å². The molecule has 2 heterocycles. The Bertz CT molecular complexity index is 366. The minimum atomic E-state index is -0.865. The summed E-state index contributed by atoms with van der Waals surface area (Å²) in [5, 5.41) is 12.4. The van der Waals surface area contributed by atoms with Gasteiger partial charge in [-0.05, 0) is 0 Å². The molecule has 0 unspecified atom stereocenters. The van der Waals surface area contributed by atoms with Gasteiger partial charge in [-0.25, -0.2) is 4.98 Å². The Balaban J connectivity index is 2.12. The summed E-state index contributed by atoms with van der Waals surface area (Å²) in [5.74, 6) is 0.165. The SMILES string of the molecule is O[C@@H]1COC[C@H]1Nc1nc(F)ncc1Cl. The third kappa shape index (κ3) is 2.34. The van der Waals surface area contributed by atoms with E-state index in [1.165, 1.54) is 0 Å². The van der Waals surface area contributed by atoms with Gasteiger partial charge < -0.3 is 15.2 Å². The van der Waals surface area contributed by atoms with Crippen LogP contribution >= 0.6 is 11.6 Å². The molecule has 5 nitrogen and oxygen atoms in total. The quantitative estimate of drug-likeness (QED) is 0.726. The Hall–Kier alpha value is -0.980. The molecule has 0 radical (unpaired) electrons. The molecule has 0 saturated carbocycles. The number of rotatable bonds is 2. The van der Waals surface area contributed by atoms with Crippen molar-refractivity contribution in [2.75, 3.05) is 18.5 Å². The van der Waals surface area contributed by atoms with Crippen molar-refractivity contribution in [3.8, 4) is 0 Å². The normalized spacial score (nSPS) is 25.5. The maximum absolute atomic E-state index is 12.7. The summed E-state index contributed by atoms with van der Waals surface area (Å²) < 4.78 is 17.7.